The highest BCUT2D eigenvalue weighted by atomic mass is 15.1. The fourth-order valence-electron chi connectivity index (χ4n) is 3.70. The number of imidazole rings is 1. The molecular weight excluding hydrogens is 268 g/mol. The molecular formula is C20H20N2. The molecule has 1 aromatic heterocycles. The van der Waals surface area contributed by atoms with Crippen LogP contribution in [0.5, 0.6) is 0 Å². The van der Waals surface area contributed by atoms with Crippen molar-refractivity contribution in [3.05, 3.63) is 72.1 Å². The number of fused-ring (bicyclic) bond motifs is 5. The van der Waals surface area contributed by atoms with Gasteiger partial charge in [0.1, 0.15) is 5.82 Å². The van der Waals surface area contributed by atoms with Crippen LogP contribution in [0.2, 0.25) is 0 Å². The number of benzene rings is 2. The predicted molar refractivity (Wildman–Crippen MR) is 90.3 cm³/mol. The largest absolute Gasteiger partial charge is 0.300 e. The Hall–Kier alpha value is -2.35. The highest BCUT2D eigenvalue weighted by Crippen LogP contribution is 2.48. The van der Waals surface area contributed by atoms with Crippen molar-refractivity contribution in [2.45, 2.75) is 26.7 Å². The Labute approximate surface area is 131 Å². The second-order valence-corrected chi connectivity index (χ2v) is 7.07. The van der Waals surface area contributed by atoms with Crippen molar-refractivity contribution in [3.63, 3.8) is 0 Å². The standard InChI is InChI=1S/C20H20N2/c1-20(2,3)18-14-8-4-5-9-15(14)19-21-12-13-22(19)17-11-7-6-10-16(17)18/h4-13,18H,1-3H3. The summed E-state index contributed by atoms with van der Waals surface area (Å²) in [5.74, 6) is 1.39. The van der Waals surface area contributed by atoms with E-state index in [2.05, 4.69) is 85.1 Å². The van der Waals surface area contributed by atoms with E-state index in [1.807, 2.05) is 6.20 Å². The minimum Gasteiger partial charge on any atom is -0.300 e. The molecule has 2 heteroatoms. The van der Waals surface area contributed by atoms with E-state index < -0.39 is 0 Å². The zero-order valence-corrected chi connectivity index (χ0v) is 13.2. The maximum absolute atomic E-state index is 4.64. The molecule has 0 radical (unpaired) electrons. The van der Waals surface area contributed by atoms with E-state index in [0.717, 1.165) is 5.82 Å². The first-order chi connectivity index (χ1) is 10.6. The first kappa shape index (κ1) is 13.3. The zero-order chi connectivity index (χ0) is 15.3. The lowest BCUT2D eigenvalue weighted by molar-refractivity contribution is 0.359. The van der Waals surface area contributed by atoms with Gasteiger partial charge in [-0.05, 0) is 22.6 Å². The number of hydrogen-bond acceptors (Lipinski definition) is 1. The number of nitrogens with zero attached hydrogens (tertiary/aromatic N) is 2. The third kappa shape index (κ3) is 1.83. The Morgan fingerprint density at radius 3 is 2.36 bits per heavy atom. The van der Waals surface area contributed by atoms with Crippen LogP contribution in [0.1, 0.15) is 37.8 Å². The van der Waals surface area contributed by atoms with Crippen LogP contribution >= 0.6 is 0 Å². The van der Waals surface area contributed by atoms with Crippen LogP contribution in [0.15, 0.2) is 60.9 Å². The van der Waals surface area contributed by atoms with Crippen LogP contribution in [-0.2, 0) is 0 Å². The normalized spacial score (nSPS) is 16.4. The van der Waals surface area contributed by atoms with E-state index in [1.165, 1.54) is 22.4 Å². The summed E-state index contributed by atoms with van der Waals surface area (Å²) in [5, 5.41) is 0. The lowest BCUT2D eigenvalue weighted by atomic mass is 9.71. The summed E-state index contributed by atoms with van der Waals surface area (Å²) in [6.45, 7) is 6.96. The Kier molecular flexibility index (Phi) is 2.77. The zero-order valence-electron chi connectivity index (χ0n) is 13.2. The Morgan fingerprint density at radius 2 is 1.59 bits per heavy atom. The molecule has 0 N–H and O–H groups in total. The topological polar surface area (TPSA) is 17.8 Å². The van der Waals surface area contributed by atoms with E-state index in [4.69, 9.17) is 0 Å². The first-order valence-corrected chi connectivity index (χ1v) is 7.79. The monoisotopic (exact) mass is 288 g/mol. The fraction of sp³-hybridized carbons (Fsp3) is 0.250. The van der Waals surface area contributed by atoms with Gasteiger partial charge < -0.3 is 0 Å². The second kappa shape index (κ2) is 4.57. The minimum absolute atomic E-state index is 0.135. The fourth-order valence-corrected chi connectivity index (χ4v) is 3.70. The lowest BCUT2D eigenvalue weighted by Crippen LogP contribution is -2.20. The second-order valence-electron chi connectivity index (χ2n) is 7.07. The Balaban J connectivity index is 2.15. The van der Waals surface area contributed by atoms with Crippen molar-refractivity contribution in [1.29, 1.82) is 0 Å². The van der Waals surface area contributed by atoms with Crippen LogP contribution in [0.4, 0.5) is 0 Å². The van der Waals surface area contributed by atoms with Crippen LogP contribution < -0.4 is 0 Å². The van der Waals surface area contributed by atoms with Gasteiger partial charge in [0.15, 0.2) is 0 Å². The Morgan fingerprint density at radius 1 is 0.909 bits per heavy atom. The van der Waals surface area contributed by atoms with Gasteiger partial charge in [0.05, 0.1) is 5.69 Å². The van der Waals surface area contributed by atoms with Crippen molar-refractivity contribution in [2.24, 2.45) is 5.41 Å². The molecule has 0 bridgehead atoms. The molecule has 0 spiro atoms. The molecule has 1 unspecified atom stereocenters. The molecule has 2 aromatic carbocycles. The third-order valence-corrected chi connectivity index (χ3v) is 4.53. The van der Waals surface area contributed by atoms with Gasteiger partial charge in [0.2, 0.25) is 0 Å². The van der Waals surface area contributed by atoms with Crippen molar-refractivity contribution in [3.8, 4) is 17.1 Å². The van der Waals surface area contributed by atoms with Gasteiger partial charge in [-0.2, -0.15) is 0 Å². The highest BCUT2D eigenvalue weighted by molar-refractivity contribution is 5.69. The summed E-state index contributed by atoms with van der Waals surface area (Å²) < 4.78 is 2.22. The van der Waals surface area contributed by atoms with Crippen molar-refractivity contribution >= 4 is 0 Å². The third-order valence-electron chi connectivity index (χ3n) is 4.53. The van der Waals surface area contributed by atoms with E-state index in [-0.39, 0.29) is 5.41 Å². The summed E-state index contributed by atoms with van der Waals surface area (Å²) in [5.41, 5.74) is 5.36. The van der Waals surface area contributed by atoms with Gasteiger partial charge in [0.25, 0.3) is 0 Å². The minimum atomic E-state index is 0.135. The van der Waals surface area contributed by atoms with Crippen molar-refractivity contribution < 1.29 is 0 Å². The molecule has 2 heterocycles. The molecule has 0 saturated heterocycles. The first-order valence-electron chi connectivity index (χ1n) is 7.79. The summed E-state index contributed by atoms with van der Waals surface area (Å²) in [6, 6.07) is 17.4. The molecule has 0 saturated carbocycles. The summed E-state index contributed by atoms with van der Waals surface area (Å²) in [6.07, 6.45) is 3.95. The van der Waals surface area contributed by atoms with Crippen LogP contribution in [0, 0.1) is 5.41 Å². The maximum atomic E-state index is 4.64. The van der Waals surface area contributed by atoms with Gasteiger partial charge in [0, 0.05) is 23.9 Å². The van der Waals surface area contributed by atoms with Gasteiger partial charge in [-0.25, -0.2) is 4.98 Å². The lowest BCUT2D eigenvalue weighted by Gasteiger charge is -2.32. The predicted octanol–water partition coefficient (Wildman–Crippen LogP) is 5.03. The maximum Gasteiger partial charge on any atom is 0.144 e. The molecule has 110 valence electrons. The average molecular weight is 288 g/mol. The number of para-hydroxylation sites is 1. The molecule has 1 aliphatic rings. The molecule has 2 nitrogen and oxygen atoms in total. The molecule has 1 atom stereocenters. The van der Waals surface area contributed by atoms with Crippen LogP contribution in [-0.4, -0.2) is 9.55 Å². The molecule has 3 aromatic rings. The van der Waals surface area contributed by atoms with Gasteiger partial charge >= 0.3 is 0 Å². The Bertz CT molecular complexity index is 775. The van der Waals surface area contributed by atoms with Gasteiger partial charge in [-0.3, -0.25) is 4.57 Å². The average Bonchev–Trinajstić information content (AvgIpc) is 2.92. The van der Waals surface area contributed by atoms with Crippen molar-refractivity contribution in [2.75, 3.05) is 0 Å². The SMILES string of the molecule is CC(C)(C)C1c2ccccc2-c2nccn2-c2ccccc21. The molecule has 1 aliphatic heterocycles. The van der Waals surface area contributed by atoms with Gasteiger partial charge in [-0.1, -0.05) is 63.2 Å². The summed E-state index contributed by atoms with van der Waals surface area (Å²) >= 11 is 0. The molecule has 0 amide bonds. The van der Waals surface area contributed by atoms with Crippen molar-refractivity contribution in [1.82, 2.24) is 9.55 Å². The van der Waals surface area contributed by atoms with E-state index in [0.29, 0.717) is 5.92 Å². The molecule has 0 fully saturated rings. The summed E-state index contributed by atoms with van der Waals surface area (Å²) in [4.78, 5) is 4.64. The van der Waals surface area contributed by atoms with E-state index in [9.17, 15) is 0 Å². The number of aromatic nitrogens is 2. The molecule has 22 heavy (non-hydrogen) atoms. The smallest absolute Gasteiger partial charge is 0.144 e. The van der Waals surface area contributed by atoms with E-state index >= 15 is 0 Å². The molecule has 4 rings (SSSR count). The highest BCUT2D eigenvalue weighted by Gasteiger charge is 2.34. The van der Waals surface area contributed by atoms with E-state index in [1.54, 1.807) is 0 Å². The quantitative estimate of drug-likeness (QED) is 0.567. The van der Waals surface area contributed by atoms with Gasteiger partial charge in [-0.15, -0.1) is 0 Å². The van der Waals surface area contributed by atoms with Crippen LogP contribution in [0.25, 0.3) is 17.1 Å². The molecule has 0 aliphatic carbocycles. The number of rotatable bonds is 0. The number of hydrogen-bond donors (Lipinski definition) is 0. The summed E-state index contributed by atoms with van der Waals surface area (Å²) in [7, 11) is 0. The van der Waals surface area contributed by atoms with Crippen LogP contribution in [0.3, 0.4) is 0 Å².